The van der Waals surface area contributed by atoms with Gasteiger partial charge in [-0.15, -0.1) is 0 Å². The number of carbonyl (C=O) groups excluding carboxylic acids is 3. The van der Waals surface area contributed by atoms with Gasteiger partial charge in [0.2, 0.25) is 5.91 Å². The Hall–Kier alpha value is -2.81. The third-order valence-corrected chi connectivity index (χ3v) is 6.35. The van der Waals surface area contributed by atoms with Crippen molar-refractivity contribution in [3.05, 3.63) is 28.6 Å². The van der Waals surface area contributed by atoms with Crippen molar-refractivity contribution in [2.45, 2.75) is 46.2 Å². The first kappa shape index (κ1) is 18.5. The van der Waals surface area contributed by atoms with Gasteiger partial charge in [-0.25, -0.2) is 9.97 Å². The van der Waals surface area contributed by atoms with E-state index in [9.17, 15) is 14.4 Å². The predicted molar refractivity (Wildman–Crippen MR) is 105 cm³/mol. The van der Waals surface area contributed by atoms with Crippen LogP contribution >= 0.6 is 11.3 Å². The molecular weight excluding hydrogens is 378 g/mol. The Kier molecular flexibility index (Phi) is 4.41. The van der Waals surface area contributed by atoms with Gasteiger partial charge >= 0.3 is 0 Å². The van der Waals surface area contributed by atoms with E-state index >= 15 is 0 Å². The van der Waals surface area contributed by atoms with Crippen LogP contribution in [0.2, 0.25) is 0 Å². The number of hydrogen-bond acceptors (Lipinski definition) is 6. The molecule has 28 heavy (non-hydrogen) atoms. The largest absolute Gasteiger partial charge is 0.364 e. The summed E-state index contributed by atoms with van der Waals surface area (Å²) in [7, 11) is 0. The number of anilines is 1. The average Bonchev–Trinajstić information content (AvgIpc) is 3.33. The summed E-state index contributed by atoms with van der Waals surface area (Å²) in [5, 5.41) is 3.12. The number of nitrogens with one attached hydrogen (secondary N) is 1. The van der Waals surface area contributed by atoms with E-state index < -0.39 is 5.91 Å². The Balaban J connectivity index is 1.77. The Morgan fingerprint density at radius 3 is 2.68 bits per heavy atom. The maximum absolute atomic E-state index is 13.0. The number of amides is 3. The predicted octanol–water partition coefficient (Wildman–Crippen LogP) is 2.33. The van der Waals surface area contributed by atoms with Crippen molar-refractivity contribution >= 4 is 34.2 Å². The van der Waals surface area contributed by atoms with Gasteiger partial charge in [0.25, 0.3) is 11.8 Å². The molecule has 0 spiro atoms. The molecule has 3 N–H and O–H groups in total. The molecule has 1 fully saturated rings. The van der Waals surface area contributed by atoms with Crippen LogP contribution in [0.5, 0.6) is 0 Å². The lowest BCUT2D eigenvalue weighted by atomic mass is 10.1. The quantitative estimate of drug-likeness (QED) is 0.800. The second kappa shape index (κ2) is 6.66. The van der Waals surface area contributed by atoms with Gasteiger partial charge in [-0.05, 0) is 44.2 Å². The lowest BCUT2D eigenvalue weighted by Crippen LogP contribution is -2.35. The Labute approximate surface area is 166 Å². The number of pyridine rings is 1. The number of aromatic nitrogens is 2. The number of carbonyl (C=O) groups is 3. The molecule has 0 bridgehead atoms. The third kappa shape index (κ3) is 3.15. The van der Waals surface area contributed by atoms with Crippen molar-refractivity contribution in [1.29, 1.82) is 0 Å². The van der Waals surface area contributed by atoms with E-state index in [4.69, 9.17) is 5.73 Å². The first-order valence-electron chi connectivity index (χ1n) is 9.16. The van der Waals surface area contributed by atoms with E-state index in [-0.39, 0.29) is 23.6 Å². The maximum atomic E-state index is 13.0. The highest BCUT2D eigenvalue weighted by atomic mass is 32.1. The summed E-state index contributed by atoms with van der Waals surface area (Å²) in [5.41, 5.74) is 7.84. The maximum Gasteiger partial charge on any atom is 0.268 e. The minimum Gasteiger partial charge on any atom is -0.364 e. The van der Waals surface area contributed by atoms with E-state index in [1.807, 2.05) is 24.8 Å². The fourth-order valence-corrected chi connectivity index (χ4v) is 4.63. The van der Waals surface area contributed by atoms with Crippen LogP contribution in [0.4, 0.5) is 5.13 Å². The summed E-state index contributed by atoms with van der Waals surface area (Å²) in [6.07, 6.45) is 2.25. The molecule has 146 valence electrons. The average molecular weight is 399 g/mol. The summed E-state index contributed by atoms with van der Waals surface area (Å²) >= 11 is 1.27. The van der Waals surface area contributed by atoms with E-state index in [0.29, 0.717) is 34.5 Å². The molecule has 1 saturated carbocycles. The van der Waals surface area contributed by atoms with Crippen LogP contribution < -0.4 is 11.1 Å². The van der Waals surface area contributed by atoms with E-state index in [1.54, 1.807) is 0 Å². The van der Waals surface area contributed by atoms with Gasteiger partial charge in [-0.3, -0.25) is 14.4 Å². The van der Waals surface area contributed by atoms with Crippen molar-refractivity contribution in [1.82, 2.24) is 14.9 Å². The number of rotatable bonds is 5. The number of hydrogen-bond donors (Lipinski definition) is 2. The van der Waals surface area contributed by atoms with Gasteiger partial charge in [-0.2, -0.15) is 0 Å². The molecule has 4 rings (SSSR count). The number of nitrogens with zero attached hydrogens (tertiary/aromatic N) is 3. The van der Waals surface area contributed by atoms with E-state index in [2.05, 4.69) is 15.3 Å². The third-order valence-electron chi connectivity index (χ3n) is 5.26. The molecule has 1 aliphatic heterocycles. The van der Waals surface area contributed by atoms with Gasteiger partial charge in [0.1, 0.15) is 5.69 Å². The highest BCUT2D eigenvalue weighted by molar-refractivity contribution is 7.19. The number of fused-ring (bicyclic) bond motifs is 1. The number of nitrogens with two attached hydrogens (primary N) is 1. The second-order valence-corrected chi connectivity index (χ2v) is 8.38. The van der Waals surface area contributed by atoms with Crippen molar-refractivity contribution in [2.24, 2.45) is 11.7 Å². The number of primary amides is 1. The Morgan fingerprint density at radius 1 is 1.36 bits per heavy atom. The second-order valence-electron chi connectivity index (χ2n) is 7.38. The highest BCUT2D eigenvalue weighted by Crippen LogP contribution is 2.40. The molecular formula is C19H21N5O3S. The monoisotopic (exact) mass is 399 g/mol. The summed E-state index contributed by atoms with van der Waals surface area (Å²) in [6, 6.07) is 1.96. The van der Waals surface area contributed by atoms with Crippen LogP contribution in [0, 0.1) is 12.8 Å². The van der Waals surface area contributed by atoms with Crippen LogP contribution in [0.1, 0.15) is 58.8 Å². The Bertz CT molecular complexity index is 1010. The van der Waals surface area contributed by atoms with Crippen LogP contribution in [0.3, 0.4) is 0 Å². The molecule has 0 radical (unpaired) electrons. The molecule has 1 atom stereocenters. The molecule has 3 heterocycles. The summed E-state index contributed by atoms with van der Waals surface area (Å²) in [5.74, 6) is -0.596. The first-order chi connectivity index (χ1) is 13.3. The summed E-state index contributed by atoms with van der Waals surface area (Å²) in [6.45, 7) is 5.71. The van der Waals surface area contributed by atoms with E-state index in [0.717, 1.165) is 23.3 Å². The van der Waals surface area contributed by atoms with Crippen molar-refractivity contribution in [3.63, 3.8) is 0 Å². The number of aryl methyl sites for hydroxylation is 1. The minimum absolute atomic E-state index is 0.00289. The molecule has 2 aliphatic rings. The normalized spacial score (nSPS) is 16.8. The summed E-state index contributed by atoms with van der Waals surface area (Å²) < 4.78 is 0. The van der Waals surface area contributed by atoms with Crippen LogP contribution in [-0.4, -0.2) is 38.6 Å². The van der Waals surface area contributed by atoms with Crippen molar-refractivity contribution < 1.29 is 14.4 Å². The van der Waals surface area contributed by atoms with Gasteiger partial charge in [0.15, 0.2) is 5.13 Å². The van der Waals surface area contributed by atoms with Crippen LogP contribution in [0.25, 0.3) is 10.6 Å². The number of thiazole rings is 1. The zero-order valence-corrected chi connectivity index (χ0v) is 16.7. The van der Waals surface area contributed by atoms with Crippen molar-refractivity contribution in [2.75, 3.05) is 5.32 Å². The van der Waals surface area contributed by atoms with Gasteiger partial charge in [0.05, 0.1) is 21.8 Å². The van der Waals surface area contributed by atoms with Crippen LogP contribution in [-0.2, 0) is 11.3 Å². The highest BCUT2D eigenvalue weighted by Gasteiger charge is 2.40. The molecule has 3 amide bonds. The standard InChI is InChI=1S/C19H21N5O3S/c1-8-16(28-19(21-8)22-10(3)25)13-6-12-7-24(9(2)11-4-5-11)18(27)14(12)15(23-13)17(20)26/h6,9,11H,4-5,7H2,1-3H3,(H2,20,26)(H,21,22,25)/t9-/m0/s1. The van der Waals surface area contributed by atoms with Gasteiger partial charge in [0, 0.05) is 19.5 Å². The molecule has 2 aromatic rings. The molecule has 0 aromatic carbocycles. The summed E-state index contributed by atoms with van der Waals surface area (Å²) in [4.78, 5) is 47.6. The fraction of sp³-hybridized carbons (Fsp3) is 0.421. The molecule has 8 nitrogen and oxygen atoms in total. The Morgan fingerprint density at radius 2 is 2.07 bits per heavy atom. The first-order valence-corrected chi connectivity index (χ1v) is 9.98. The molecule has 0 unspecified atom stereocenters. The molecule has 0 saturated heterocycles. The fourth-order valence-electron chi connectivity index (χ4n) is 3.65. The van der Waals surface area contributed by atoms with E-state index in [1.165, 1.54) is 18.3 Å². The van der Waals surface area contributed by atoms with Crippen LogP contribution in [0.15, 0.2) is 6.07 Å². The molecule has 9 heteroatoms. The topological polar surface area (TPSA) is 118 Å². The molecule has 2 aromatic heterocycles. The lowest BCUT2D eigenvalue weighted by molar-refractivity contribution is -0.114. The smallest absolute Gasteiger partial charge is 0.268 e. The SMILES string of the molecule is CC(=O)Nc1nc(C)c(-c2cc3c(c(C(N)=O)n2)C(=O)N([C@@H](C)C2CC2)C3)s1. The zero-order valence-electron chi connectivity index (χ0n) is 15.9. The minimum atomic E-state index is -0.725. The molecule has 1 aliphatic carbocycles. The van der Waals surface area contributed by atoms with Crippen molar-refractivity contribution in [3.8, 4) is 10.6 Å². The van der Waals surface area contributed by atoms with Gasteiger partial charge in [-0.1, -0.05) is 11.3 Å². The van der Waals surface area contributed by atoms with Gasteiger partial charge < -0.3 is 16.0 Å². The lowest BCUT2D eigenvalue weighted by Gasteiger charge is -2.23. The zero-order chi connectivity index (χ0) is 20.2.